The molecule has 2 rings (SSSR count). The van der Waals surface area contributed by atoms with Crippen LogP contribution in [0.2, 0.25) is 0 Å². The van der Waals surface area contributed by atoms with E-state index in [1.165, 1.54) is 11.1 Å². The third kappa shape index (κ3) is 5.04. The molecular weight excluding hydrogens is 292 g/mol. The number of nitrogens with one attached hydrogen (secondary N) is 2. The maximum atomic E-state index is 5.36. The predicted octanol–water partition coefficient (Wildman–Crippen LogP) is 3.92. The summed E-state index contributed by atoms with van der Waals surface area (Å²) in [5, 5.41) is 7.10. The van der Waals surface area contributed by atoms with Gasteiger partial charge in [-0.1, -0.05) is 30.3 Å². The Morgan fingerprint density at radius 3 is 2.73 bits per heavy atom. The highest BCUT2D eigenvalue weighted by Crippen LogP contribution is 2.18. The molecule has 4 heteroatoms. The summed E-state index contributed by atoms with van der Waals surface area (Å²) in [5.41, 5.74) is 3.45. The van der Waals surface area contributed by atoms with E-state index in [1.54, 1.807) is 7.11 Å². The topological polar surface area (TPSA) is 33.3 Å². The molecule has 0 aliphatic rings. The van der Waals surface area contributed by atoms with Gasteiger partial charge in [0.2, 0.25) is 0 Å². The number of benzene rings is 2. The van der Waals surface area contributed by atoms with Crippen molar-refractivity contribution in [3.8, 4) is 5.75 Å². The molecule has 0 aliphatic carbocycles. The molecule has 0 saturated carbocycles. The van der Waals surface area contributed by atoms with E-state index >= 15 is 0 Å². The Balaban J connectivity index is 1.73. The lowest BCUT2D eigenvalue weighted by molar-refractivity contribution is 0.409. The predicted molar refractivity (Wildman–Crippen MR) is 96.7 cm³/mol. The van der Waals surface area contributed by atoms with Crippen LogP contribution in [0, 0.1) is 6.92 Å². The van der Waals surface area contributed by atoms with Crippen LogP contribution in [0.5, 0.6) is 5.75 Å². The summed E-state index contributed by atoms with van der Waals surface area (Å²) in [5.74, 6) is 0.947. The fourth-order valence-electron chi connectivity index (χ4n) is 2.29. The van der Waals surface area contributed by atoms with E-state index in [0.29, 0.717) is 5.11 Å². The van der Waals surface area contributed by atoms with Crippen LogP contribution in [-0.2, 0) is 6.42 Å². The van der Waals surface area contributed by atoms with E-state index in [0.717, 1.165) is 30.8 Å². The number of aryl methyl sites for hydroxylation is 2. The van der Waals surface area contributed by atoms with Gasteiger partial charge in [0.05, 0.1) is 7.11 Å². The van der Waals surface area contributed by atoms with Crippen molar-refractivity contribution in [3.05, 3.63) is 59.7 Å². The van der Waals surface area contributed by atoms with Crippen molar-refractivity contribution in [2.75, 3.05) is 19.0 Å². The number of rotatable bonds is 6. The maximum absolute atomic E-state index is 5.36. The quantitative estimate of drug-likeness (QED) is 0.625. The van der Waals surface area contributed by atoms with Crippen LogP contribution < -0.4 is 15.4 Å². The molecule has 0 atom stereocenters. The third-order valence-electron chi connectivity index (χ3n) is 3.38. The van der Waals surface area contributed by atoms with Gasteiger partial charge in [-0.25, -0.2) is 0 Å². The Morgan fingerprint density at radius 2 is 1.95 bits per heavy atom. The van der Waals surface area contributed by atoms with Crippen molar-refractivity contribution in [1.82, 2.24) is 5.32 Å². The summed E-state index contributed by atoms with van der Waals surface area (Å²) >= 11 is 5.31. The van der Waals surface area contributed by atoms with Crippen LogP contribution in [0.1, 0.15) is 17.5 Å². The first-order valence-corrected chi connectivity index (χ1v) is 7.83. The van der Waals surface area contributed by atoms with Gasteiger partial charge < -0.3 is 15.4 Å². The number of methoxy groups -OCH3 is 1. The maximum Gasteiger partial charge on any atom is 0.170 e. The summed E-state index contributed by atoms with van der Waals surface area (Å²) in [6.07, 6.45) is 1.96. The first kappa shape index (κ1) is 16.3. The molecule has 2 aromatic carbocycles. The molecule has 0 radical (unpaired) electrons. The second-order valence-electron chi connectivity index (χ2n) is 5.17. The molecule has 116 valence electrons. The molecule has 2 aromatic rings. The molecule has 0 unspecified atom stereocenters. The van der Waals surface area contributed by atoms with Crippen LogP contribution in [0.3, 0.4) is 0 Å². The molecule has 2 N–H and O–H groups in total. The average molecular weight is 314 g/mol. The molecule has 0 aliphatic heterocycles. The van der Waals surface area contributed by atoms with Gasteiger partial charge in [0.15, 0.2) is 5.11 Å². The Morgan fingerprint density at radius 1 is 1.14 bits per heavy atom. The number of ether oxygens (including phenoxy) is 1. The zero-order valence-corrected chi connectivity index (χ0v) is 13.9. The van der Waals surface area contributed by atoms with Gasteiger partial charge in [0.1, 0.15) is 5.75 Å². The van der Waals surface area contributed by atoms with Crippen molar-refractivity contribution in [2.24, 2.45) is 0 Å². The van der Waals surface area contributed by atoms with Crippen molar-refractivity contribution in [3.63, 3.8) is 0 Å². The van der Waals surface area contributed by atoms with Gasteiger partial charge in [-0.15, -0.1) is 0 Å². The van der Waals surface area contributed by atoms with E-state index in [2.05, 4.69) is 35.8 Å². The standard InChI is InChI=1S/C18H22N2OS/c1-14-7-5-10-16(13-14)20-18(22)19-12-6-9-15-8-3-4-11-17(15)21-2/h3-5,7-8,10-11,13H,6,9,12H2,1-2H3,(H2,19,20,22). The van der Waals surface area contributed by atoms with Crippen molar-refractivity contribution < 1.29 is 4.74 Å². The fourth-order valence-corrected chi connectivity index (χ4v) is 2.51. The number of thiocarbonyl (C=S) groups is 1. The summed E-state index contributed by atoms with van der Waals surface area (Å²) in [7, 11) is 1.71. The first-order chi connectivity index (χ1) is 10.7. The molecule has 0 amide bonds. The Labute approximate surface area is 137 Å². The van der Waals surface area contributed by atoms with E-state index in [-0.39, 0.29) is 0 Å². The Bertz CT molecular complexity index is 628. The minimum atomic E-state index is 0.658. The summed E-state index contributed by atoms with van der Waals surface area (Å²) < 4.78 is 5.36. The molecule has 0 spiro atoms. The lowest BCUT2D eigenvalue weighted by Gasteiger charge is -2.12. The largest absolute Gasteiger partial charge is 0.496 e. The van der Waals surface area contributed by atoms with E-state index in [9.17, 15) is 0 Å². The van der Waals surface area contributed by atoms with Gasteiger partial charge >= 0.3 is 0 Å². The number of para-hydroxylation sites is 1. The second kappa shape index (κ2) is 8.39. The van der Waals surface area contributed by atoms with Crippen molar-refractivity contribution in [1.29, 1.82) is 0 Å². The number of anilines is 1. The van der Waals surface area contributed by atoms with E-state index < -0.39 is 0 Å². The van der Waals surface area contributed by atoms with Crippen LogP contribution in [0.15, 0.2) is 48.5 Å². The highest BCUT2D eigenvalue weighted by molar-refractivity contribution is 7.80. The van der Waals surface area contributed by atoms with Gasteiger partial charge in [-0.05, 0) is 61.3 Å². The minimum absolute atomic E-state index is 0.658. The second-order valence-corrected chi connectivity index (χ2v) is 5.57. The molecule has 0 fully saturated rings. The fraction of sp³-hybridized carbons (Fsp3) is 0.278. The number of hydrogen-bond donors (Lipinski definition) is 2. The smallest absolute Gasteiger partial charge is 0.170 e. The molecule has 22 heavy (non-hydrogen) atoms. The normalized spacial score (nSPS) is 10.1. The lowest BCUT2D eigenvalue weighted by atomic mass is 10.1. The molecule has 0 heterocycles. The Kier molecular flexibility index (Phi) is 6.22. The van der Waals surface area contributed by atoms with Gasteiger partial charge in [-0.2, -0.15) is 0 Å². The van der Waals surface area contributed by atoms with E-state index in [1.807, 2.05) is 30.3 Å². The van der Waals surface area contributed by atoms with Crippen LogP contribution >= 0.6 is 12.2 Å². The number of hydrogen-bond acceptors (Lipinski definition) is 2. The zero-order valence-electron chi connectivity index (χ0n) is 13.1. The lowest BCUT2D eigenvalue weighted by Crippen LogP contribution is -2.29. The molecule has 0 saturated heterocycles. The average Bonchev–Trinajstić information content (AvgIpc) is 2.52. The van der Waals surface area contributed by atoms with Gasteiger partial charge in [0, 0.05) is 12.2 Å². The van der Waals surface area contributed by atoms with Crippen LogP contribution in [0.4, 0.5) is 5.69 Å². The zero-order chi connectivity index (χ0) is 15.8. The molecular formula is C18H22N2OS. The van der Waals surface area contributed by atoms with Crippen LogP contribution in [0.25, 0.3) is 0 Å². The summed E-state index contributed by atoms with van der Waals surface area (Å²) in [6, 6.07) is 16.3. The van der Waals surface area contributed by atoms with Crippen molar-refractivity contribution in [2.45, 2.75) is 19.8 Å². The summed E-state index contributed by atoms with van der Waals surface area (Å²) in [4.78, 5) is 0. The summed E-state index contributed by atoms with van der Waals surface area (Å²) in [6.45, 7) is 2.89. The minimum Gasteiger partial charge on any atom is -0.496 e. The van der Waals surface area contributed by atoms with Gasteiger partial charge in [-0.3, -0.25) is 0 Å². The van der Waals surface area contributed by atoms with Gasteiger partial charge in [0.25, 0.3) is 0 Å². The molecule has 0 bridgehead atoms. The van der Waals surface area contributed by atoms with Crippen molar-refractivity contribution >= 4 is 23.0 Å². The molecule has 3 nitrogen and oxygen atoms in total. The first-order valence-electron chi connectivity index (χ1n) is 7.42. The highest BCUT2D eigenvalue weighted by Gasteiger charge is 2.02. The van der Waals surface area contributed by atoms with E-state index in [4.69, 9.17) is 17.0 Å². The third-order valence-corrected chi connectivity index (χ3v) is 3.62. The SMILES string of the molecule is COc1ccccc1CCCNC(=S)Nc1cccc(C)c1. The van der Waals surface area contributed by atoms with Crippen LogP contribution in [-0.4, -0.2) is 18.8 Å². The Hall–Kier alpha value is -2.07. The molecule has 0 aromatic heterocycles. The monoisotopic (exact) mass is 314 g/mol. The highest BCUT2D eigenvalue weighted by atomic mass is 32.1.